The second-order valence-electron chi connectivity index (χ2n) is 6.52. The molecule has 0 aliphatic heterocycles. The minimum atomic E-state index is 0. The maximum Gasteiger partial charge on any atom is 0.144 e. The molecule has 2 aromatic carbocycles. The van der Waals surface area contributed by atoms with E-state index in [1.165, 1.54) is 0 Å². The van der Waals surface area contributed by atoms with Gasteiger partial charge in [0.25, 0.3) is 0 Å². The summed E-state index contributed by atoms with van der Waals surface area (Å²) in [6, 6.07) is 11.6. The van der Waals surface area contributed by atoms with E-state index in [0.717, 1.165) is 33.0 Å². The van der Waals surface area contributed by atoms with Gasteiger partial charge in [0.15, 0.2) is 0 Å². The molecule has 0 unspecified atom stereocenters. The Morgan fingerprint density at radius 3 is 1.37 bits per heavy atom. The number of phenols is 2. The van der Waals surface area contributed by atoms with E-state index in [2.05, 4.69) is 9.97 Å². The topological polar surface area (TPSA) is 66.2 Å². The molecule has 2 N–H and O–H groups in total. The minimum Gasteiger partial charge on any atom is -0.505 e. The third-order valence-corrected chi connectivity index (χ3v) is 4.53. The van der Waals surface area contributed by atoms with E-state index in [1.54, 1.807) is 12.4 Å². The molecule has 0 amide bonds. The molecular formula is C22H22N2O2Pt. The van der Waals surface area contributed by atoms with Crippen molar-refractivity contribution in [2.24, 2.45) is 0 Å². The third-order valence-electron chi connectivity index (χ3n) is 4.53. The number of fused-ring (bicyclic) bond motifs is 2. The average Bonchev–Trinajstić information content (AvgIpc) is 2.65. The fourth-order valence-corrected chi connectivity index (χ4v) is 3.14. The normalized spacial score (nSPS) is 10.2. The van der Waals surface area contributed by atoms with Crippen molar-refractivity contribution < 1.29 is 31.3 Å². The van der Waals surface area contributed by atoms with Gasteiger partial charge in [0, 0.05) is 44.2 Å². The summed E-state index contributed by atoms with van der Waals surface area (Å²) in [5.74, 6) is 0.586. The van der Waals surface area contributed by atoms with Crippen LogP contribution in [0.3, 0.4) is 0 Å². The van der Waals surface area contributed by atoms with Crippen LogP contribution >= 0.6 is 0 Å². The van der Waals surface area contributed by atoms with Crippen molar-refractivity contribution in [3.63, 3.8) is 0 Å². The number of phenolic OH excluding ortho intramolecular Hbond substituents is 2. The van der Waals surface area contributed by atoms with E-state index < -0.39 is 0 Å². The Balaban J connectivity index is 0.000000187. The van der Waals surface area contributed by atoms with Crippen molar-refractivity contribution in [2.75, 3.05) is 0 Å². The van der Waals surface area contributed by atoms with Crippen molar-refractivity contribution in [1.82, 2.24) is 9.97 Å². The van der Waals surface area contributed by atoms with Gasteiger partial charge in [-0.1, -0.05) is 24.3 Å². The SMILES string of the molecule is Cc1cc(C)c2cccnc2c1O.Cc1cc(C)c2cccnc2c1O.[Pt]. The van der Waals surface area contributed by atoms with Crippen LogP contribution in [0.4, 0.5) is 0 Å². The molecule has 2 aromatic heterocycles. The first-order chi connectivity index (χ1) is 12.4. The quantitative estimate of drug-likeness (QED) is 0.325. The largest absolute Gasteiger partial charge is 0.505 e. The van der Waals surface area contributed by atoms with Crippen LogP contribution in [0.1, 0.15) is 22.3 Å². The molecule has 2 heterocycles. The summed E-state index contributed by atoms with van der Waals surface area (Å²) in [4.78, 5) is 8.30. The van der Waals surface area contributed by atoms with Gasteiger partial charge in [-0.05, 0) is 62.1 Å². The summed E-state index contributed by atoms with van der Waals surface area (Å²) in [5.41, 5.74) is 5.45. The number of rotatable bonds is 0. The first-order valence-corrected chi connectivity index (χ1v) is 8.48. The van der Waals surface area contributed by atoms with Crippen LogP contribution in [0.15, 0.2) is 48.8 Å². The van der Waals surface area contributed by atoms with Crippen LogP contribution < -0.4 is 0 Å². The Hall–Kier alpha value is -2.45. The molecule has 0 radical (unpaired) electrons. The number of hydrogen-bond donors (Lipinski definition) is 2. The van der Waals surface area contributed by atoms with Crippen molar-refractivity contribution in [1.29, 1.82) is 0 Å². The van der Waals surface area contributed by atoms with Crippen molar-refractivity contribution in [2.45, 2.75) is 27.7 Å². The molecule has 0 aliphatic rings. The Bertz CT molecular complexity index is 1020. The maximum atomic E-state index is 9.72. The number of aromatic hydroxyl groups is 2. The Morgan fingerprint density at radius 1 is 0.630 bits per heavy atom. The number of aryl methyl sites for hydroxylation is 4. The first-order valence-electron chi connectivity index (χ1n) is 8.48. The Morgan fingerprint density at radius 2 is 1.00 bits per heavy atom. The van der Waals surface area contributed by atoms with Gasteiger partial charge in [0.2, 0.25) is 0 Å². The number of pyridine rings is 2. The van der Waals surface area contributed by atoms with Crippen LogP contribution in [-0.4, -0.2) is 20.2 Å². The third kappa shape index (κ3) is 4.11. The summed E-state index contributed by atoms with van der Waals surface area (Å²) < 4.78 is 0. The van der Waals surface area contributed by atoms with E-state index in [4.69, 9.17) is 0 Å². The molecule has 27 heavy (non-hydrogen) atoms. The first kappa shape index (κ1) is 20.9. The smallest absolute Gasteiger partial charge is 0.144 e. The fraction of sp³-hybridized carbons (Fsp3) is 0.182. The van der Waals surface area contributed by atoms with Crippen LogP contribution in [0, 0.1) is 27.7 Å². The summed E-state index contributed by atoms with van der Waals surface area (Å²) >= 11 is 0. The number of nitrogens with zero attached hydrogens (tertiary/aromatic N) is 2. The van der Waals surface area contributed by atoms with Crippen molar-refractivity contribution >= 4 is 21.8 Å². The zero-order valence-corrected chi connectivity index (χ0v) is 18.0. The maximum absolute atomic E-state index is 9.72. The molecule has 0 bridgehead atoms. The van der Waals surface area contributed by atoms with Gasteiger partial charge in [-0.15, -0.1) is 0 Å². The van der Waals surface area contributed by atoms with E-state index in [9.17, 15) is 10.2 Å². The van der Waals surface area contributed by atoms with Crippen molar-refractivity contribution in [3.05, 3.63) is 71.0 Å². The van der Waals surface area contributed by atoms with Gasteiger partial charge in [-0.2, -0.15) is 0 Å². The van der Waals surface area contributed by atoms with Crippen molar-refractivity contribution in [3.8, 4) is 11.5 Å². The average molecular weight is 542 g/mol. The van der Waals surface area contributed by atoms with Gasteiger partial charge >= 0.3 is 0 Å². The van der Waals surface area contributed by atoms with Gasteiger partial charge < -0.3 is 10.2 Å². The van der Waals surface area contributed by atoms with Gasteiger partial charge in [-0.3, -0.25) is 9.97 Å². The fourth-order valence-electron chi connectivity index (χ4n) is 3.14. The second kappa shape index (κ2) is 8.49. The summed E-state index contributed by atoms with van der Waals surface area (Å²) in [5, 5.41) is 21.5. The zero-order valence-electron chi connectivity index (χ0n) is 15.7. The molecule has 0 atom stereocenters. The van der Waals surface area contributed by atoms with E-state index in [1.807, 2.05) is 64.1 Å². The molecule has 5 heteroatoms. The van der Waals surface area contributed by atoms with E-state index >= 15 is 0 Å². The molecule has 0 spiro atoms. The van der Waals surface area contributed by atoms with E-state index in [0.29, 0.717) is 22.5 Å². The van der Waals surface area contributed by atoms with Crippen LogP contribution in [0.25, 0.3) is 21.8 Å². The summed E-state index contributed by atoms with van der Waals surface area (Å²) in [7, 11) is 0. The molecule has 4 nitrogen and oxygen atoms in total. The monoisotopic (exact) mass is 541 g/mol. The molecular weight excluding hydrogens is 519 g/mol. The molecule has 0 saturated carbocycles. The summed E-state index contributed by atoms with van der Waals surface area (Å²) in [6.07, 6.45) is 3.39. The Kier molecular flexibility index (Phi) is 6.56. The predicted octanol–water partition coefficient (Wildman–Crippen LogP) is 5.11. The van der Waals surface area contributed by atoms with Crippen LogP contribution in [0.5, 0.6) is 11.5 Å². The van der Waals surface area contributed by atoms with Gasteiger partial charge in [0.05, 0.1) is 0 Å². The molecule has 142 valence electrons. The molecule has 0 saturated heterocycles. The van der Waals surface area contributed by atoms with Crippen LogP contribution in [-0.2, 0) is 21.1 Å². The molecule has 4 rings (SSSR count). The van der Waals surface area contributed by atoms with Crippen LogP contribution in [0.2, 0.25) is 0 Å². The minimum absolute atomic E-state index is 0. The standard InChI is InChI=1S/2C11H11NO.Pt/c2*1-7-6-8(2)11(13)10-9(7)4-3-5-12-10;/h2*3-6,13H,1-2H3;. The molecule has 4 aromatic rings. The molecule has 0 fully saturated rings. The number of benzene rings is 2. The molecule has 0 aliphatic carbocycles. The zero-order chi connectivity index (χ0) is 18.8. The van der Waals surface area contributed by atoms with Gasteiger partial charge in [-0.25, -0.2) is 0 Å². The second-order valence-corrected chi connectivity index (χ2v) is 6.52. The van der Waals surface area contributed by atoms with E-state index in [-0.39, 0.29) is 21.1 Å². The number of aromatic nitrogens is 2. The predicted molar refractivity (Wildman–Crippen MR) is 106 cm³/mol. The van der Waals surface area contributed by atoms with Gasteiger partial charge in [0.1, 0.15) is 22.5 Å². The Labute approximate surface area is 173 Å². The number of hydrogen-bond acceptors (Lipinski definition) is 4. The summed E-state index contributed by atoms with van der Waals surface area (Å²) in [6.45, 7) is 7.82.